The molecule has 0 N–H and O–H groups in total. The van der Waals surface area contributed by atoms with E-state index in [0.717, 1.165) is 17.9 Å². The first-order chi connectivity index (χ1) is 7.05. The van der Waals surface area contributed by atoms with E-state index in [1.54, 1.807) is 14.2 Å². The van der Waals surface area contributed by atoms with Gasteiger partial charge in [-0.3, -0.25) is 0 Å². The average Bonchev–Trinajstić information content (AvgIpc) is 2.28. The highest BCUT2D eigenvalue weighted by molar-refractivity contribution is 5.44. The second-order valence-electron chi connectivity index (χ2n) is 4.31. The van der Waals surface area contributed by atoms with Crippen molar-refractivity contribution in [3.05, 3.63) is 23.8 Å². The van der Waals surface area contributed by atoms with Crippen LogP contribution in [0.4, 0.5) is 0 Å². The minimum atomic E-state index is 0.180. The molecule has 0 radical (unpaired) electrons. The molecule has 0 aliphatic rings. The van der Waals surface area contributed by atoms with Crippen LogP contribution in [-0.2, 0) is 5.41 Å². The van der Waals surface area contributed by atoms with Crippen molar-refractivity contribution >= 4 is 0 Å². The maximum Gasteiger partial charge on any atom is 0.161 e. The summed E-state index contributed by atoms with van der Waals surface area (Å²) in [6.07, 6.45) is 1.10. The van der Waals surface area contributed by atoms with Crippen molar-refractivity contribution in [1.29, 1.82) is 0 Å². The number of hydrogen-bond acceptors (Lipinski definition) is 2. The minimum absolute atomic E-state index is 0.180. The van der Waals surface area contributed by atoms with Crippen LogP contribution in [0.1, 0.15) is 32.8 Å². The van der Waals surface area contributed by atoms with Crippen molar-refractivity contribution in [3.8, 4) is 11.5 Å². The average molecular weight is 208 g/mol. The fraction of sp³-hybridized carbons (Fsp3) is 0.538. The summed E-state index contributed by atoms with van der Waals surface area (Å²) in [5, 5.41) is 0. The predicted molar refractivity (Wildman–Crippen MR) is 62.9 cm³/mol. The molecule has 0 aliphatic heterocycles. The summed E-state index contributed by atoms with van der Waals surface area (Å²) in [7, 11) is 3.32. The van der Waals surface area contributed by atoms with E-state index in [2.05, 4.69) is 32.9 Å². The van der Waals surface area contributed by atoms with Crippen LogP contribution in [0.5, 0.6) is 11.5 Å². The predicted octanol–water partition coefficient (Wildman–Crippen LogP) is 3.39. The van der Waals surface area contributed by atoms with E-state index < -0.39 is 0 Å². The zero-order valence-electron chi connectivity index (χ0n) is 10.3. The minimum Gasteiger partial charge on any atom is -0.493 e. The maximum atomic E-state index is 5.29. The third-order valence-corrected chi connectivity index (χ3v) is 3.05. The summed E-state index contributed by atoms with van der Waals surface area (Å²) in [6.45, 7) is 6.65. The Bertz CT molecular complexity index is 329. The van der Waals surface area contributed by atoms with Gasteiger partial charge in [0.05, 0.1) is 14.2 Å². The van der Waals surface area contributed by atoms with Crippen molar-refractivity contribution in [1.82, 2.24) is 0 Å². The number of hydrogen-bond donors (Lipinski definition) is 0. The van der Waals surface area contributed by atoms with Gasteiger partial charge >= 0.3 is 0 Å². The molecule has 0 aliphatic carbocycles. The van der Waals surface area contributed by atoms with Gasteiger partial charge in [-0.05, 0) is 29.5 Å². The van der Waals surface area contributed by atoms with Crippen molar-refractivity contribution in [2.45, 2.75) is 32.6 Å². The van der Waals surface area contributed by atoms with Crippen LogP contribution >= 0.6 is 0 Å². The quantitative estimate of drug-likeness (QED) is 0.755. The van der Waals surface area contributed by atoms with Crippen molar-refractivity contribution < 1.29 is 9.47 Å². The number of benzene rings is 1. The third kappa shape index (κ3) is 2.44. The Hall–Kier alpha value is -1.18. The molecule has 1 aromatic rings. The molecule has 0 aromatic heterocycles. The summed E-state index contributed by atoms with van der Waals surface area (Å²) in [4.78, 5) is 0. The second kappa shape index (κ2) is 4.56. The summed E-state index contributed by atoms with van der Waals surface area (Å²) >= 11 is 0. The highest BCUT2D eigenvalue weighted by Crippen LogP contribution is 2.34. The van der Waals surface area contributed by atoms with Crippen molar-refractivity contribution in [3.63, 3.8) is 0 Å². The van der Waals surface area contributed by atoms with Gasteiger partial charge in [0.1, 0.15) is 0 Å². The molecule has 1 rings (SSSR count). The first-order valence-corrected chi connectivity index (χ1v) is 5.27. The molecule has 84 valence electrons. The van der Waals surface area contributed by atoms with Gasteiger partial charge in [0.2, 0.25) is 0 Å². The lowest BCUT2D eigenvalue weighted by atomic mass is 9.82. The lowest BCUT2D eigenvalue weighted by Gasteiger charge is -2.24. The molecule has 0 bridgehead atoms. The molecule has 0 saturated carbocycles. The van der Waals surface area contributed by atoms with E-state index >= 15 is 0 Å². The maximum absolute atomic E-state index is 5.29. The fourth-order valence-corrected chi connectivity index (χ4v) is 1.46. The Morgan fingerprint density at radius 2 is 1.67 bits per heavy atom. The number of methoxy groups -OCH3 is 2. The third-order valence-electron chi connectivity index (χ3n) is 3.05. The Morgan fingerprint density at radius 1 is 1.07 bits per heavy atom. The Balaban J connectivity index is 3.13. The van der Waals surface area contributed by atoms with E-state index in [-0.39, 0.29) is 5.41 Å². The molecule has 2 heteroatoms. The van der Waals surface area contributed by atoms with Gasteiger partial charge in [-0.15, -0.1) is 0 Å². The SMILES string of the molecule is CCC(C)(C)c1ccc(OC)c(OC)c1. The molecule has 0 amide bonds. The van der Waals surface area contributed by atoms with Gasteiger partial charge in [-0.2, -0.15) is 0 Å². The Morgan fingerprint density at radius 3 is 2.13 bits per heavy atom. The molecule has 0 atom stereocenters. The molecule has 0 saturated heterocycles. The summed E-state index contributed by atoms with van der Waals surface area (Å²) in [6, 6.07) is 6.12. The van der Waals surface area contributed by atoms with E-state index in [0.29, 0.717) is 0 Å². The van der Waals surface area contributed by atoms with Crippen LogP contribution in [0.3, 0.4) is 0 Å². The van der Waals surface area contributed by atoms with Crippen molar-refractivity contribution in [2.24, 2.45) is 0 Å². The Labute approximate surface area is 92.2 Å². The highest BCUT2D eigenvalue weighted by Gasteiger charge is 2.19. The molecule has 0 heterocycles. The number of rotatable bonds is 4. The van der Waals surface area contributed by atoms with Gasteiger partial charge in [-0.1, -0.05) is 26.8 Å². The fourth-order valence-electron chi connectivity index (χ4n) is 1.46. The van der Waals surface area contributed by atoms with Gasteiger partial charge < -0.3 is 9.47 Å². The molecular formula is C13H20O2. The first-order valence-electron chi connectivity index (χ1n) is 5.27. The summed E-state index contributed by atoms with van der Waals surface area (Å²) in [5.74, 6) is 1.59. The zero-order chi connectivity index (χ0) is 11.5. The lowest BCUT2D eigenvalue weighted by Crippen LogP contribution is -2.15. The summed E-state index contributed by atoms with van der Waals surface area (Å²) in [5.41, 5.74) is 1.46. The van der Waals surface area contributed by atoms with E-state index in [1.165, 1.54) is 5.56 Å². The zero-order valence-corrected chi connectivity index (χ0v) is 10.3. The molecule has 0 spiro atoms. The van der Waals surface area contributed by atoms with Gasteiger partial charge in [0.15, 0.2) is 11.5 Å². The normalized spacial score (nSPS) is 11.3. The van der Waals surface area contributed by atoms with Crippen LogP contribution in [-0.4, -0.2) is 14.2 Å². The number of ether oxygens (including phenoxy) is 2. The van der Waals surface area contributed by atoms with Crippen LogP contribution in [0.15, 0.2) is 18.2 Å². The van der Waals surface area contributed by atoms with E-state index in [4.69, 9.17) is 9.47 Å². The first kappa shape index (κ1) is 11.9. The van der Waals surface area contributed by atoms with Crippen LogP contribution < -0.4 is 9.47 Å². The van der Waals surface area contributed by atoms with Crippen LogP contribution in [0.2, 0.25) is 0 Å². The van der Waals surface area contributed by atoms with Crippen LogP contribution in [0, 0.1) is 0 Å². The van der Waals surface area contributed by atoms with Gasteiger partial charge in [0.25, 0.3) is 0 Å². The monoisotopic (exact) mass is 208 g/mol. The largest absolute Gasteiger partial charge is 0.493 e. The molecule has 2 nitrogen and oxygen atoms in total. The second-order valence-corrected chi connectivity index (χ2v) is 4.31. The molecule has 15 heavy (non-hydrogen) atoms. The Kier molecular flexibility index (Phi) is 3.61. The standard InChI is InChI=1S/C13H20O2/c1-6-13(2,3)10-7-8-11(14-4)12(9-10)15-5/h7-9H,6H2,1-5H3. The van der Waals surface area contributed by atoms with Crippen LogP contribution in [0.25, 0.3) is 0 Å². The summed E-state index contributed by atoms with van der Waals surface area (Å²) < 4.78 is 10.5. The van der Waals surface area contributed by atoms with Gasteiger partial charge in [-0.25, -0.2) is 0 Å². The highest BCUT2D eigenvalue weighted by atomic mass is 16.5. The van der Waals surface area contributed by atoms with Crippen molar-refractivity contribution in [2.75, 3.05) is 14.2 Å². The topological polar surface area (TPSA) is 18.5 Å². The smallest absolute Gasteiger partial charge is 0.161 e. The lowest BCUT2D eigenvalue weighted by molar-refractivity contribution is 0.353. The van der Waals surface area contributed by atoms with E-state index in [1.807, 2.05) is 6.07 Å². The van der Waals surface area contributed by atoms with E-state index in [9.17, 15) is 0 Å². The molecular weight excluding hydrogens is 188 g/mol. The van der Waals surface area contributed by atoms with Gasteiger partial charge in [0, 0.05) is 0 Å². The molecule has 0 fully saturated rings. The molecule has 0 unspecified atom stereocenters. The molecule has 1 aromatic carbocycles.